The quantitative estimate of drug-likeness (QED) is 0.708. The Morgan fingerprint density at radius 2 is 2.46 bits per heavy atom. The summed E-state index contributed by atoms with van der Waals surface area (Å²) < 4.78 is 4.99. The minimum Gasteiger partial charge on any atom is -0.501 e. The molecule has 1 heterocycles. The van der Waals surface area contributed by atoms with Gasteiger partial charge in [0.15, 0.2) is 0 Å². The molecule has 1 aromatic heterocycles. The number of hydrogen-bond donors (Lipinski definition) is 1. The maximum atomic E-state index is 10.9. The van der Waals surface area contributed by atoms with Crippen molar-refractivity contribution in [1.29, 1.82) is 0 Å². The maximum absolute atomic E-state index is 10.9. The van der Waals surface area contributed by atoms with Crippen LogP contribution in [0, 0.1) is 6.92 Å². The molecule has 1 N–H and O–H groups in total. The third-order valence-electron chi connectivity index (χ3n) is 1.51. The van der Waals surface area contributed by atoms with E-state index in [1.165, 1.54) is 0 Å². The van der Waals surface area contributed by atoms with Crippen LogP contribution in [0.3, 0.4) is 0 Å². The minimum absolute atomic E-state index is 0.159. The molecule has 1 aromatic rings. The zero-order chi connectivity index (χ0) is 9.68. The molecule has 0 aliphatic heterocycles. The standard InChI is InChI=1S/C9H12N2O2/c1-3-13-5-4-8-6-7(2)9(12)11-10-8/h4-6H,3H2,1-2H3,(H,11,12)/b5-4+. The molecule has 0 amide bonds. The topological polar surface area (TPSA) is 55.0 Å². The van der Waals surface area contributed by atoms with Crippen molar-refractivity contribution in [2.24, 2.45) is 0 Å². The monoisotopic (exact) mass is 180 g/mol. The summed E-state index contributed by atoms with van der Waals surface area (Å²) in [6, 6.07) is 1.70. The number of hydrogen-bond acceptors (Lipinski definition) is 3. The first kappa shape index (κ1) is 9.51. The van der Waals surface area contributed by atoms with E-state index in [1.54, 1.807) is 25.3 Å². The number of nitrogens with one attached hydrogen (secondary N) is 1. The number of aromatic nitrogens is 2. The van der Waals surface area contributed by atoms with Crippen molar-refractivity contribution < 1.29 is 4.74 Å². The third-order valence-corrected chi connectivity index (χ3v) is 1.51. The normalized spacial score (nSPS) is 10.6. The Labute approximate surface area is 76.2 Å². The molecule has 0 saturated heterocycles. The van der Waals surface area contributed by atoms with Crippen molar-refractivity contribution >= 4 is 6.08 Å². The first-order valence-corrected chi connectivity index (χ1v) is 4.08. The van der Waals surface area contributed by atoms with Crippen LogP contribution in [0.4, 0.5) is 0 Å². The van der Waals surface area contributed by atoms with Crippen LogP contribution in [0.5, 0.6) is 0 Å². The Morgan fingerprint density at radius 3 is 3.08 bits per heavy atom. The Kier molecular flexibility index (Phi) is 3.25. The van der Waals surface area contributed by atoms with Gasteiger partial charge in [0, 0.05) is 11.6 Å². The number of H-pyrrole nitrogens is 1. The van der Waals surface area contributed by atoms with Crippen molar-refractivity contribution in [3.8, 4) is 0 Å². The molecule has 13 heavy (non-hydrogen) atoms. The van der Waals surface area contributed by atoms with Crippen molar-refractivity contribution in [2.45, 2.75) is 13.8 Å². The van der Waals surface area contributed by atoms with Crippen LogP contribution >= 0.6 is 0 Å². The average molecular weight is 180 g/mol. The smallest absolute Gasteiger partial charge is 0.267 e. The summed E-state index contributed by atoms with van der Waals surface area (Å²) in [7, 11) is 0. The summed E-state index contributed by atoms with van der Waals surface area (Å²) in [5.41, 5.74) is 1.17. The van der Waals surface area contributed by atoms with E-state index in [1.807, 2.05) is 6.92 Å². The largest absolute Gasteiger partial charge is 0.501 e. The predicted molar refractivity (Wildman–Crippen MR) is 50.3 cm³/mol. The van der Waals surface area contributed by atoms with E-state index in [9.17, 15) is 4.79 Å². The Hall–Kier alpha value is -1.58. The lowest BCUT2D eigenvalue weighted by Crippen LogP contribution is -2.11. The number of aromatic amines is 1. The summed E-state index contributed by atoms with van der Waals surface area (Å²) in [4.78, 5) is 10.9. The highest BCUT2D eigenvalue weighted by Gasteiger charge is 1.94. The van der Waals surface area contributed by atoms with Crippen LogP contribution in [0.15, 0.2) is 17.1 Å². The number of aryl methyl sites for hydroxylation is 1. The van der Waals surface area contributed by atoms with Crippen LogP contribution in [-0.2, 0) is 4.74 Å². The highest BCUT2D eigenvalue weighted by molar-refractivity contribution is 5.42. The lowest BCUT2D eigenvalue weighted by atomic mass is 10.3. The fraction of sp³-hybridized carbons (Fsp3) is 0.333. The SMILES string of the molecule is CCO/C=C/c1cc(C)c(=O)[nH]n1. The van der Waals surface area contributed by atoms with E-state index in [0.29, 0.717) is 17.9 Å². The molecule has 0 saturated carbocycles. The second-order valence-corrected chi connectivity index (χ2v) is 2.56. The molecular formula is C9H12N2O2. The highest BCUT2D eigenvalue weighted by atomic mass is 16.5. The van der Waals surface area contributed by atoms with E-state index < -0.39 is 0 Å². The summed E-state index contributed by atoms with van der Waals surface area (Å²) in [6.45, 7) is 4.26. The molecule has 0 aliphatic carbocycles. The van der Waals surface area contributed by atoms with E-state index >= 15 is 0 Å². The van der Waals surface area contributed by atoms with E-state index in [-0.39, 0.29) is 5.56 Å². The highest BCUT2D eigenvalue weighted by Crippen LogP contribution is 1.96. The Bertz CT molecular complexity index is 355. The number of nitrogens with zero attached hydrogens (tertiary/aromatic N) is 1. The minimum atomic E-state index is -0.159. The lowest BCUT2D eigenvalue weighted by molar-refractivity contribution is 0.272. The van der Waals surface area contributed by atoms with Crippen LogP contribution in [0.1, 0.15) is 18.2 Å². The molecule has 0 aromatic carbocycles. The lowest BCUT2D eigenvalue weighted by Gasteiger charge is -1.94. The van der Waals surface area contributed by atoms with Crippen molar-refractivity contribution in [1.82, 2.24) is 10.2 Å². The Balaban J connectivity index is 2.79. The van der Waals surface area contributed by atoms with Gasteiger partial charge in [0.25, 0.3) is 5.56 Å². The summed E-state index contributed by atoms with van der Waals surface area (Å²) in [6.07, 6.45) is 3.26. The van der Waals surface area contributed by atoms with Gasteiger partial charge < -0.3 is 4.74 Å². The first-order chi connectivity index (χ1) is 6.24. The van der Waals surface area contributed by atoms with Gasteiger partial charge in [-0.25, -0.2) is 5.10 Å². The van der Waals surface area contributed by atoms with Crippen molar-refractivity contribution in [2.75, 3.05) is 6.61 Å². The molecule has 0 radical (unpaired) electrons. The molecule has 1 rings (SSSR count). The molecular weight excluding hydrogens is 168 g/mol. The molecule has 4 nitrogen and oxygen atoms in total. The van der Waals surface area contributed by atoms with Gasteiger partial charge >= 0.3 is 0 Å². The van der Waals surface area contributed by atoms with Crippen LogP contribution < -0.4 is 5.56 Å². The van der Waals surface area contributed by atoms with Gasteiger partial charge in [-0.2, -0.15) is 5.10 Å². The molecule has 0 fully saturated rings. The summed E-state index contributed by atoms with van der Waals surface area (Å²) in [5.74, 6) is 0. The predicted octanol–water partition coefficient (Wildman–Crippen LogP) is 1.09. The summed E-state index contributed by atoms with van der Waals surface area (Å²) >= 11 is 0. The van der Waals surface area contributed by atoms with Gasteiger partial charge in [-0.1, -0.05) is 0 Å². The van der Waals surface area contributed by atoms with E-state index in [2.05, 4.69) is 10.2 Å². The van der Waals surface area contributed by atoms with Gasteiger partial charge in [-0.05, 0) is 19.9 Å². The number of ether oxygens (including phenoxy) is 1. The zero-order valence-corrected chi connectivity index (χ0v) is 7.70. The molecule has 0 unspecified atom stereocenters. The molecule has 70 valence electrons. The fourth-order valence-corrected chi connectivity index (χ4v) is 0.823. The second-order valence-electron chi connectivity index (χ2n) is 2.56. The maximum Gasteiger partial charge on any atom is 0.267 e. The zero-order valence-electron chi connectivity index (χ0n) is 7.70. The van der Waals surface area contributed by atoms with Crippen LogP contribution in [-0.4, -0.2) is 16.8 Å². The average Bonchev–Trinajstić information content (AvgIpc) is 2.12. The number of rotatable bonds is 3. The Morgan fingerprint density at radius 1 is 1.69 bits per heavy atom. The molecule has 0 aliphatic rings. The van der Waals surface area contributed by atoms with E-state index in [0.717, 1.165) is 0 Å². The third kappa shape index (κ3) is 2.74. The molecule has 0 bridgehead atoms. The molecule has 0 spiro atoms. The van der Waals surface area contributed by atoms with Gasteiger partial charge in [0.1, 0.15) is 0 Å². The van der Waals surface area contributed by atoms with Gasteiger partial charge in [0.2, 0.25) is 0 Å². The van der Waals surface area contributed by atoms with Gasteiger partial charge in [-0.15, -0.1) is 0 Å². The summed E-state index contributed by atoms with van der Waals surface area (Å²) in [5, 5.41) is 6.19. The first-order valence-electron chi connectivity index (χ1n) is 4.08. The second kappa shape index (κ2) is 4.45. The fourth-order valence-electron chi connectivity index (χ4n) is 0.823. The van der Waals surface area contributed by atoms with Crippen molar-refractivity contribution in [3.63, 3.8) is 0 Å². The van der Waals surface area contributed by atoms with Gasteiger partial charge in [-0.3, -0.25) is 4.79 Å². The van der Waals surface area contributed by atoms with Crippen molar-refractivity contribution in [3.05, 3.63) is 33.9 Å². The molecule has 0 atom stereocenters. The van der Waals surface area contributed by atoms with Gasteiger partial charge in [0.05, 0.1) is 18.6 Å². The molecule has 4 heteroatoms. The van der Waals surface area contributed by atoms with E-state index in [4.69, 9.17) is 4.74 Å². The van der Waals surface area contributed by atoms with Crippen LogP contribution in [0.2, 0.25) is 0 Å². The van der Waals surface area contributed by atoms with Crippen LogP contribution in [0.25, 0.3) is 6.08 Å².